The first-order valence-electron chi connectivity index (χ1n) is 6.71. The van der Waals surface area contributed by atoms with Crippen LogP contribution in [-0.4, -0.2) is 41.3 Å². The van der Waals surface area contributed by atoms with Crippen molar-refractivity contribution in [2.45, 2.75) is 32.5 Å². The molecule has 0 saturated carbocycles. The van der Waals surface area contributed by atoms with E-state index in [1.54, 1.807) is 6.20 Å². The van der Waals surface area contributed by atoms with Crippen LogP contribution >= 0.6 is 0 Å². The molecule has 0 aliphatic heterocycles. The number of carbonyl (C=O) groups is 1. The molecule has 1 atom stereocenters. The zero-order valence-corrected chi connectivity index (χ0v) is 14.2. The number of hydrogen-bond acceptors (Lipinski definition) is 4. The molecule has 0 fully saturated rings. The van der Waals surface area contributed by atoms with E-state index in [1.165, 1.54) is 0 Å². The van der Waals surface area contributed by atoms with Gasteiger partial charge in [0.05, 0.1) is 0 Å². The number of nitrogens with one attached hydrogen (secondary N) is 1. The van der Waals surface area contributed by atoms with Crippen molar-refractivity contribution in [2.24, 2.45) is 13.0 Å². The summed E-state index contributed by atoms with van der Waals surface area (Å²) >= 11 is 0. The van der Waals surface area contributed by atoms with Gasteiger partial charge in [0.1, 0.15) is 5.82 Å². The normalized spacial score (nSPS) is 13.1. The van der Waals surface area contributed by atoms with Crippen LogP contribution in [0.2, 0.25) is 0 Å². The zero-order chi connectivity index (χ0) is 19.1. The summed E-state index contributed by atoms with van der Waals surface area (Å²) in [5, 5.41) is 8.06. The highest BCUT2D eigenvalue weighted by atomic mass is 32.2. The lowest BCUT2D eigenvalue weighted by Gasteiger charge is -2.21. The van der Waals surface area contributed by atoms with Gasteiger partial charge in [-0.05, 0) is 5.92 Å². The van der Waals surface area contributed by atoms with E-state index in [-0.39, 0.29) is 12.0 Å². The molecule has 24 heavy (non-hydrogen) atoms. The molecule has 1 unspecified atom stereocenters. The first kappa shape index (κ1) is 22.1. The second kappa shape index (κ2) is 8.83. The number of alkyl halides is 3. The average molecular weight is 371 g/mol. The number of carboxylic acid groups (broad SMARTS) is 1. The van der Waals surface area contributed by atoms with Crippen LogP contribution in [0.1, 0.15) is 19.7 Å². The minimum absolute atomic E-state index is 0.181. The van der Waals surface area contributed by atoms with Gasteiger partial charge in [-0.3, -0.25) is 0 Å². The zero-order valence-electron chi connectivity index (χ0n) is 13.4. The molecule has 2 N–H and O–H groups in total. The summed E-state index contributed by atoms with van der Waals surface area (Å²) in [5.41, 5.74) is 0. The molecular formula is C13H20F3N3O4S. The van der Waals surface area contributed by atoms with E-state index in [0.29, 0.717) is 6.42 Å². The molecule has 1 heterocycles. The Morgan fingerprint density at radius 1 is 1.50 bits per heavy atom. The van der Waals surface area contributed by atoms with Crippen LogP contribution in [0.25, 0.3) is 0 Å². The fourth-order valence-corrected chi connectivity index (χ4v) is 2.34. The van der Waals surface area contributed by atoms with E-state index in [0.717, 1.165) is 11.2 Å². The van der Waals surface area contributed by atoms with Gasteiger partial charge in [0.15, 0.2) is 0 Å². The van der Waals surface area contributed by atoms with Crippen LogP contribution in [-0.2, 0) is 28.3 Å². The molecule has 0 bridgehead atoms. The molecule has 0 aromatic carbocycles. The largest absolute Gasteiger partial charge is 0.490 e. The van der Waals surface area contributed by atoms with E-state index in [2.05, 4.69) is 16.3 Å². The van der Waals surface area contributed by atoms with Gasteiger partial charge in [-0.25, -0.2) is 22.9 Å². The van der Waals surface area contributed by atoms with Crippen molar-refractivity contribution in [1.82, 2.24) is 14.3 Å². The topological polar surface area (TPSA) is 101 Å². The van der Waals surface area contributed by atoms with Gasteiger partial charge in [0.25, 0.3) is 0 Å². The maximum atomic E-state index is 11.5. The number of aliphatic carboxylic acids is 1. The number of rotatable bonds is 6. The highest BCUT2D eigenvalue weighted by Crippen LogP contribution is 2.13. The Kier molecular flexibility index (Phi) is 8.14. The minimum atomic E-state index is -5.08. The van der Waals surface area contributed by atoms with Gasteiger partial charge in [-0.1, -0.05) is 20.4 Å². The second-order valence-electron chi connectivity index (χ2n) is 5.14. The Bertz CT molecular complexity index is 654. The lowest BCUT2D eigenvalue weighted by Crippen LogP contribution is -2.39. The molecule has 1 aromatic heterocycles. The molecule has 1 aromatic rings. The Hall–Kier alpha value is -1.88. The molecule has 0 saturated heterocycles. The molecule has 0 amide bonds. The van der Waals surface area contributed by atoms with Gasteiger partial charge >= 0.3 is 12.1 Å². The van der Waals surface area contributed by atoms with E-state index in [4.69, 9.17) is 9.90 Å². The van der Waals surface area contributed by atoms with Crippen LogP contribution < -0.4 is 4.72 Å². The maximum Gasteiger partial charge on any atom is 0.490 e. The minimum Gasteiger partial charge on any atom is -0.475 e. The summed E-state index contributed by atoms with van der Waals surface area (Å²) < 4.78 is 59.2. The summed E-state index contributed by atoms with van der Waals surface area (Å²) in [5.74, 6) is -1.72. The fourth-order valence-electron chi connectivity index (χ4n) is 1.46. The second-order valence-corrected chi connectivity index (χ2v) is 6.80. The van der Waals surface area contributed by atoms with Crippen molar-refractivity contribution in [1.29, 1.82) is 0 Å². The van der Waals surface area contributed by atoms with Crippen molar-refractivity contribution in [3.05, 3.63) is 30.2 Å². The first-order valence-corrected chi connectivity index (χ1v) is 8.26. The van der Waals surface area contributed by atoms with Crippen molar-refractivity contribution >= 4 is 16.0 Å². The number of halogens is 3. The number of imidazole rings is 1. The van der Waals surface area contributed by atoms with Crippen LogP contribution in [0.15, 0.2) is 24.4 Å². The lowest BCUT2D eigenvalue weighted by molar-refractivity contribution is -0.192. The van der Waals surface area contributed by atoms with Crippen LogP contribution in [0, 0.1) is 5.92 Å². The Labute approximate surface area is 138 Å². The number of aryl methyl sites for hydroxylation is 1. The summed E-state index contributed by atoms with van der Waals surface area (Å²) in [7, 11) is -1.51. The number of hydrogen-bond donors (Lipinski definition) is 2. The van der Waals surface area contributed by atoms with Crippen molar-refractivity contribution < 1.29 is 31.5 Å². The fraction of sp³-hybridized carbons (Fsp3) is 0.538. The van der Waals surface area contributed by atoms with Crippen LogP contribution in [0.4, 0.5) is 13.2 Å². The van der Waals surface area contributed by atoms with Crippen molar-refractivity contribution in [3.8, 4) is 0 Å². The molecule has 7 nitrogen and oxygen atoms in total. The lowest BCUT2D eigenvalue weighted by atomic mass is 10.0. The first-order chi connectivity index (χ1) is 10.8. The monoisotopic (exact) mass is 371 g/mol. The number of aromatic nitrogens is 2. The Balaban J connectivity index is 0.000000640. The summed E-state index contributed by atoms with van der Waals surface area (Å²) in [6, 6.07) is -0.181. The molecule has 138 valence electrons. The number of carboxylic acids is 1. The maximum absolute atomic E-state index is 11.5. The third kappa shape index (κ3) is 8.11. The molecular weight excluding hydrogens is 351 g/mol. The van der Waals surface area contributed by atoms with Gasteiger partial charge in [0.2, 0.25) is 10.0 Å². The summed E-state index contributed by atoms with van der Waals surface area (Å²) in [6.07, 6.45) is -0.975. The molecule has 11 heteroatoms. The van der Waals surface area contributed by atoms with E-state index < -0.39 is 22.2 Å². The van der Waals surface area contributed by atoms with Gasteiger partial charge < -0.3 is 9.67 Å². The van der Waals surface area contributed by atoms with Gasteiger partial charge in [-0.2, -0.15) is 13.2 Å². The predicted molar refractivity (Wildman–Crippen MR) is 81.5 cm³/mol. The molecule has 0 aliphatic carbocycles. The highest BCUT2D eigenvalue weighted by Gasteiger charge is 2.38. The molecule has 0 aliphatic rings. The summed E-state index contributed by atoms with van der Waals surface area (Å²) in [4.78, 5) is 13.1. The molecule has 0 spiro atoms. The standard InChI is InChI=1S/C11H19N3O2S.C2HF3O2/c1-5-17(15,16)13-10(9(2)3)8-11-12-6-7-14(11)4;3-2(4,5)1(6)7/h5-7,9-10,13H,1,8H2,2-4H3;(H,6,7). The number of nitrogens with zero attached hydrogens (tertiary/aromatic N) is 2. The highest BCUT2D eigenvalue weighted by molar-refractivity contribution is 7.92. The third-order valence-corrected chi connectivity index (χ3v) is 3.98. The van der Waals surface area contributed by atoms with Crippen molar-refractivity contribution in [3.63, 3.8) is 0 Å². The van der Waals surface area contributed by atoms with Gasteiger partial charge in [-0.15, -0.1) is 0 Å². The summed E-state index contributed by atoms with van der Waals surface area (Å²) in [6.45, 7) is 7.23. The SMILES string of the molecule is C=CS(=O)(=O)NC(Cc1nccn1C)C(C)C.O=C(O)C(F)(F)F. The average Bonchev–Trinajstić information content (AvgIpc) is 2.83. The van der Waals surface area contributed by atoms with E-state index in [9.17, 15) is 21.6 Å². The quantitative estimate of drug-likeness (QED) is 0.792. The van der Waals surface area contributed by atoms with Crippen molar-refractivity contribution in [2.75, 3.05) is 0 Å². The number of sulfonamides is 1. The third-order valence-electron chi connectivity index (χ3n) is 2.91. The van der Waals surface area contributed by atoms with E-state index in [1.807, 2.05) is 31.7 Å². The Morgan fingerprint density at radius 2 is 2.00 bits per heavy atom. The smallest absolute Gasteiger partial charge is 0.475 e. The molecule has 1 rings (SSSR count). The van der Waals surface area contributed by atoms with Gasteiger partial charge in [0, 0.05) is 37.3 Å². The van der Waals surface area contributed by atoms with Crippen LogP contribution in [0.3, 0.4) is 0 Å². The van der Waals surface area contributed by atoms with E-state index >= 15 is 0 Å². The predicted octanol–water partition coefficient (Wildman–Crippen LogP) is 1.68. The molecule has 0 radical (unpaired) electrons. The van der Waals surface area contributed by atoms with Crippen LogP contribution in [0.5, 0.6) is 0 Å². The Morgan fingerprint density at radius 3 is 2.29 bits per heavy atom.